The summed E-state index contributed by atoms with van der Waals surface area (Å²) in [5, 5.41) is 0. The maximum Gasteiger partial charge on any atom is 0.411 e. The molecule has 3 aromatic carbocycles. The monoisotopic (exact) mass is 387 g/mol. The van der Waals surface area contributed by atoms with Gasteiger partial charge in [0, 0.05) is 0 Å². The summed E-state index contributed by atoms with van der Waals surface area (Å²) >= 11 is 0. The van der Waals surface area contributed by atoms with Gasteiger partial charge in [0.15, 0.2) is 6.10 Å². The number of carbonyl (C=O) groups is 2. The van der Waals surface area contributed by atoms with Crippen LogP contribution in [0.25, 0.3) is 0 Å². The molecule has 0 spiro atoms. The fourth-order valence-electron chi connectivity index (χ4n) is 3.52. The summed E-state index contributed by atoms with van der Waals surface area (Å²) in [6, 6.07) is 28.0. The molecule has 29 heavy (non-hydrogen) atoms. The molecule has 5 nitrogen and oxygen atoms in total. The first-order chi connectivity index (χ1) is 14.2. The van der Waals surface area contributed by atoms with E-state index in [1.54, 1.807) is 0 Å². The Bertz CT molecular complexity index is 960. The van der Waals surface area contributed by atoms with Crippen LogP contribution in [-0.2, 0) is 20.9 Å². The molecule has 0 aliphatic carbocycles. The fourth-order valence-corrected chi connectivity index (χ4v) is 3.52. The minimum atomic E-state index is -0.607. The Morgan fingerprint density at radius 3 is 2.03 bits per heavy atom. The standard InChI is InChI=1S/C24H21NO4/c26-21-16-25(24(27)28-17-18-10-4-1-5-11-18)22(19-12-6-2-7-13-19)23(29-21)20-14-8-3-9-15-20/h1-15,22-23H,16-17H2/t22-,23-/m0/s1. The first-order valence-corrected chi connectivity index (χ1v) is 9.49. The van der Waals surface area contributed by atoms with Crippen molar-refractivity contribution in [3.63, 3.8) is 0 Å². The molecule has 0 bridgehead atoms. The molecule has 3 aromatic rings. The Balaban J connectivity index is 1.64. The lowest BCUT2D eigenvalue weighted by Gasteiger charge is -2.40. The second-order valence-corrected chi connectivity index (χ2v) is 6.84. The van der Waals surface area contributed by atoms with Crippen molar-refractivity contribution >= 4 is 12.1 Å². The van der Waals surface area contributed by atoms with Gasteiger partial charge in [0.2, 0.25) is 0 Å². The first kappa shape index (κ1) is 18.7. The van der Waals surface area contributed by atoms with Crippen LogP contribution < -0.4 is 0 Å². The molecule has 1 fully saturated rings. The number of nitrogens with zero attached hydrogens (tertiary/aromatic N) is 1. The summed E-state index contributed by atoms with van der Waals surface area (Å²) in [5.41, 5.74) is 2.59. The van der Waals surface area contributed by atoms with Crippen molar-refractivity contribution in [3.8, 4) is 0 Å². The largest absolute Gasteiger partial charge is 0.454 e. The number of hydrogen-bond acceptors (Lipinski definition) is 4. The molecule has 1 aliphatic heterocycles. The summed E-state index contributed by atoms with van der Waals surface area (Å²) < 4.78 is 11.2. The molecule has 0 N–H and O–H groups in total. The van der Waals surface area contributed by atoms with Crippen LogP contribution in [0.1, 0.15) is 28.8 Å². The minimum Gasteiger partial charge on any atom is -0.454 e. The fraction of sp³-hybridized carbons (Fsp3) is 0.167. The summed E-state index contributed by atoms with van der Waals surface area (Å²) in [6.07, 6.45) is -1.15. The van der Waals surface area contributed by atoms with E-state index < -0.39 is 24.2 Å². The zero-order chi connectivity index (χ0) is 20.1. The maximum absolute atomic E-state index is 13.0. The highest BCUT2D eigenvalue weighted by Gasteiger charge is 2.42. The average molecular weight is 387 g/mol. The lowest BCUT2D eigenvalue weighted by molar-refractivity contribution is -0.164. The molecule has 1 heterocycles. The van der Waals surface area contributed by atoms with E-state index in [4.69, 9.17) is 9.47 Å². The summed E-state index contributed by atoms with van der Waals surface area (Å²) in [4.78, 5) is 26.8. The lowest BCUT2D eigenvalue weighted by atomic mass is 9.93. The van der Waals surface area contributed by atoms with Crippen molar-refractivity contribution in [2.75, 3.05) is 6.54 Å². The van der Waals surface area contributed by atoms with Gasteiger partial charge in [-0.05, 0) is 16.7 Å². The van der Waals surface area contributed by atoms with Gasteiger partial charge in [0.1, 0.15) is 19.2 Å². The quantitative estimate of drug-likeness (QED) is 0.611. The van der Waals surface area contributed by atoms with Gasteiger partial charge < -0.3 is 9.47 Å². The van der Waals surface area contributed by atoms with Crippen LogP contribution in [0.15, 0.2) is 91.0 Å². The minimum absolute atomic E-state index is 0.142. The molecule has 1 saturated heterocycles. The Hall–Kier alpha value is -3.60. The zero-order valence-electron chi connectivity index (χ0n) is 15.8. The zero-order valence-corrected chi connectivity index (χ0v) is 15.8. The highest BCUT2D eigenvalue weighted by Crippen LogP contribution is 2.40. The van der Waals surface area contributed by atoms with Crippen molar-refractivity contribution in [3.05, 3.63) is 108 Å². The molecule has 0 unspecified atom stereocenters. The van der Waals surface area contributed by atoms with Crippen LogP contribution in [0.5, 0.6) is 0 Å². The van der Waals surface area contributed by atoms with Crippen molar-refractivity contribution in [1.29, 1.82) is 0 Å². The topological polar surface area (TPSA) is 55.8 Å². The van der Waals surface area contributed by atoms with Crippen LogP contribution in [0.2, 0.25) is 0 Å². The molecule has 5 heteroatoms. The van der Waals surface area contributed by atoms with Gasteiger partial charge in [-0.25, -0.2) is 4.79 Å². The molecule has 4 rings (SSSR count). The molecular formula is C24H21NO4. The lowest BCUT2D eigenvalue weighted by Crippen LogP contribution is -2.47. The smallest absolute Gasteiger partial charge is 0.411 e. The second kappa shape index (κ2) is 8.61. The summed E-state index contributed by atoms with van der Waals surface area (Å²) in [6.45, 7) is -0.0146. The Morgan fingerprint density at radius 1 is 0.862 bits per heavy atom. The molecular weight excluding hydrogens is 366 g/mol. The molecule has 1 amide bonds. The number of hydrogen-bond donors (Lipinski definition) is 0. The van der Waals surface area contributed by atoms with Crippen LogP contribution in [0, 0.1) is 0 Å². The Labute approximate surface area is 169 Å². The van der Waals surface area contributed by atoms with Crippen molar-refractivity contribution in [2.24, 2.45) is 0 Å². The molecule has 0 saturated carbocycles. The van der Waals surface area contributed by atoms with Crippen molar-refractivity contribution in [2.45, 2.75) is 18.8 Å². The van der Waals surface area contributed by atoms with E-state index in [0.29, 0.717) is 0 Å². The third-order valence-electron chi connectivity index (χ3n) is 4.89. The van der Waals surface area contributed by atoms with Crippen LogP contribution in [0.4, 0.5) is 4.79 Å². The molecule has 146 valence electrons. The predicted octanol–water partition coefficient (Wildman–Crippen LogP) is 4.66. The number of morpholine rings is 1. The molecule has 0 aromatic heterocycles. The highest BCUT2D eigenvalue weighted by molar-refractivity contribution is 5.80. The second-order valence-electron chi connectivity index (χ2n) is 6.84. The number of amides is 1. The van der Waals surface area contributed by atoms with Gasteiger partial charge in [-0.15, -0.1) is 0 Å². The Kier molecular flexibility index (Phi) is 5.56. The van der Waals surface area contributed by atoms with Crippen molar-refractivity contribution in [1.82, 2.24) is 4.90 Å². The van der Waals surface area contributed by atoms with Gasteiger partial charge >= 0.3 is 12.1 Å². The van der Waals surface area contributed by atoms with E-state index in [1.165, 1.54) is 4.90 Å². The van der Waals surface area contributed by atoms with Crippen molar-refractivity contribution < 1.29 is 19.1 Å². The molecule has 2 atom stereocenters. The van der Waals surface area contributed by atoms with E-state index in [2.05, 4.69) is 0 Å². The van der Waals surface area contributed by atoms with Gasteiger partial charge in [-0.3, -0.25) is 9.69 Å². The number of benzene rings is 3. The molecule has 0 radical (unpaired) electrons. The molecule has 1 aliphatic rings. The van der Waals surface area contributed by atoms with Gasteiger partial charge in [-0.1, -0.05) is 91.0 Å². The van der Waals surface area contributed by atoms with E-state index in [0.717, 1.165) is 16.7 Å². The third-order valence-corrected chi connectivity index (χ3v) is 4.89. The van der Waals surface area contributed by atoms with E-state index in [1.807, 2.05) is 91.0 Å². The SMILES string of the molecule is O=C1CN(C(=O)OCc2ccccc2)[C@@H](c2ccccc2)[C@H](c2ccccc2)O1. The number of rotatable bonds is 4. The van der Waals surface area contributed by atoms with E-state index in [-0.39, 0.29) is 13.2 Å². The summed E-state index contributed by atoms with van der Waals surface area (Å²) in [5.74, 6) is -0.456. The normalized spacial score (nSPS) is 18.8. The highest BCUT2D eigenvalue weighted by atomic mass is 16.6. The van der Waals surface area contributed by atoms with E-state index >= 15 is 0 Å². The number of ether oxygens (including phenoxy) is 2. The van der Waals surface area contributed by atoms with Gasteiger partial charge in [0.05, 0.1) is 0 Å². The summed E-state index contributed by atoms with van der Waals surface area (Å²) in [7, 11) is 0. The van der Waals surface area contributed by atoms with E-state index in [9.17, 15) is 9.59 Å². The number of carbonyl (C=O) groups excluding carboxylic acids is 2. The van der Waals surface area contributed by atoms with Crippen LogP contribution in [-0.4, -0.2) is 23.5 Å². The average Bonchev–Trinajstić information content (AvgIpc) is 2.78. The Morgan fingerprint density at radius 2 is 1.41 bits per heavy atom. The van der Waals surface area contributed by atoms with Crippen LogP contribution in [0.3, 0.4) is 0 Å². The van der Waals surface area contributed by atoms with Gasteiger partial charge in [0.25, 0.3) is 0 Å². The number of esters is 1. The maximum atomic E-state index is 13.0. The third kappa shape index (κ3) is 4.29. The van der Waals surface area contributed by atoms with Crippen LogP contribution >= 0.6 is 0 Å². The number of cyclic esters (lactones) is 1. The first-order valence-electron chi connectivity index (χ1n) is 9.49. The predicted molar refractivity (Wildman–Crippen MR) is 108 cm³/mol. The van der Waals surface area contributed by atoms with Gasteiger partial charge in [-0.2, -0.15) is 0 Å².